The standard InChI is InChI=1S/C9H6ClF3/c1-5(4-10)9-7(12)2-6(11)3-8(9)13/h2-3H,1,4H2. The van der Waals surface area contributed by atoms with Gasteiger partial charge >= 0.3 is 0 Å². The van der Waals surface area contributed by atoms with Gasteiger partial charge in [0.2, 0.25) is 0 Å². The molecule has 0 aromatic heterocycles. The van der Waals surface area contributed by atoms with E-state index in [1.165, 1.54) is 0 Å². The molecule has 0 fully saturated rings. The van der Waals surface area contributed by atoms with E-state index < -0.39 is 17.5 Å². The van der Waals surface area contributed by atoms with Crippen LogP contribution in [0.2, 0.25) is 0 Å². The first-order valence-electron chi connectivity index (χ1n) is 3.45. The number of hydrogen-bond donors (Lipinski definition) is 0. The molecule has 0 aliphatic carbocycles. The molecule has 4 heteroatoms. The Morgan fingerprint density at radius 2 is 1.69 bits per heavy atom. The largest absolute Gasteiger partial charge is 0.207 e. The van der Waals surface area contributed by atoms with E-state index >= 15 is 0 Å². The molecule has 70 valence electrons. The fourth-order valence-electron chi connectivity index (χ4n) is 0.947. The molecule has 1 aromatic rings. The van der Waals surface area contributed by atoms with Crippen LogP contribution in [-0.2, 0) is 0 Å². The molecule has 0 nitrogen and oxygen atoms in total. The van der Waals surface area contributed by atoms with Crippen molar-refractivity contribution in [2.45, 2.75) is 0 Å². The molecule has 1 aromatic carbocycles. The molecule has 0 unspecified atom stereocenters. The van der Waals surface area contributed by atoms with Crippen LogP contribution in [-0.4, -0.2) is 5.88 Å². The van der Waals surface area contributed by atoms with Crippen molar-refractivity contribution in [1.29, 1.82) is 0 Å². The second kappa shape index (κ2) is 3.83. The van der Waals surface area contributed by atoms with Crippen molar-refractivity contribution in [2.75, 3.05) is 5.88 Å². The van der Waals surface area contributed by atoms with Gasteiger partial charge in [0.15, 0.2) is 0 Å². The Hall–Kier alpha value is -0.960. The maximum atomic E-state index is 12.9. The molecule has 1 rings (SSSR count). The van der Waals surface area contributed by atoms with Crippen LogP contribution in [0.5, 0.6) is 0 Å². The zero-order valence-corrected chi connectivity index (χ0v) is 7.34. The average molecular weight is 207 g/mol. The molecule has 0 radical (unpaired) electrons. The van der Waals surface area contributed by atoms with Gasteiger partial charge in [0, 0.05) is 18.0 Å². The lowest BCUT2D eigenvalue weighted by Crippen LogP contribution is -1.96. The molecule has 0 N–H and O–H groups in total. The third-order valence-electron chi connectivity index (χ3n) is 1.52. The van der Waals surface area contributed by atoms with Crippen LogP contribution in [0.3, 0.4) is 0 Å². The molecule has 13 heavy (non-hydrogen) atoms. The van der Waals surface area contributed by atoms with Gasteiger partial charge in [0.25, 0.3) is 0 Å². The lowest BCUT2D eigenvalue weighted by Gasteiger charge is -2.05. The third kappa shape index (κ3) is 2.04. The van der Waals surface area contributed by atoms with E-state index in [1.807, 2.05) is 0 Å². The Kier molecular flexibility index (Phi) is 2.98. The van der Waals surface area contributed by atoms with Crippen LogP contribution in [0.15, 0.2) is 18.7 Å². The van der Waals surface area contributed by atoms with E-state index in [0.29, 0.717) is 12.1 Å². The summed E-state index contributed by atoms with van der Waals surface area (Å²) >= 11 is 5.34. The highest BCUT2D eigenvalue weighted by atomic mass is 35.5. The molecule has 0 amide bonds. The Bertz CT molecular complexity index is 324. The Morgan fingerprint density at radius 3 is 2.08 bits per heavy atom. The van der Waals surface area contributed by atoms with Crippen molar-refractivity contribution >= 4 is 17.2 Å². The molecule has 0 bridgehead atoms. The van der Waals surface area contributed by atoms with Gasteiger partial charge in [-0.05, 0) is 5.57 Å². The summed E-state index contributed by atoms with van der Waals surface area (Å²) < 4.78 is 38.3. The molecule has 0 saturated carbocycles. The normalized spacial score (nSPS) is 10.2. The molecule has 0 heterocycles. The summed E-state index contributed by atoms with van der Waals surface area (Å²) in [6, 6.07) is 1.19. The number of hydrogen-bond acceptors (Lipinski definition) is 0. The monoisotopic (exact) mass is 206 g/mol. The predicted octanol–water partition coefficient (Wildman–Crippen LogP) is 3.36. The van der Waals surface area contributed by atoms with Crippen LogP contribution in [0.25, 0.3) is 5.57 Å². The summed E-state index contributed by atoms with van der Waals surface area (Å²) in [7, 11) is 0. The molecule has 0 spiro atoms. The number of rotatable bonds is 2. The van der Waals surface area contributed by atoms with Gasteiger partial charge in [0.1, 0.15) is 17.5 Å². The average Bonchev–Trinajstić information content (AvgIpc) is 2.02. The van der Waals surface area contributed by atoms with E-state index in [1.54, 1.807) is 0 Å². The van der Waals surface area contributed by atoms with E-state index in [-0.39, 0.29) is 17.0 Å². The van der Waals surface area contributed by atoms with Crippen LogP contribution in [0.1, 0.15) is 5.56 Å². The molecule has 0 aliphatic rings. The van der Waals surface area contributed by atoms with Crippen molar-refractivity contribution in [2.24, 2.45) is 0 Å². The highest BCUT2D eigenvalue weighted by Crippen LogP contribution is 2.22. The summed E-state index contributed by atoms with van der Waals surface area (Å²) in [5.74, 6) is -3.02. The van der Waals surface area contributed by atoms with Crippen molar-refractivity contribution in [3.8, 4) is 0 Å². The van der Waals surface area contributed by atoms with Gasteiger partial charge in [-0.15, -0.1) is 11.6 Å². The highest BCUT2D eigenvalue weighted by molar-refractivity contribution is 6.23. The van der Waals surface area contributed by atoms with Crippen LogP contribution < -0.4 is 0 Å². The molecular weight excluding hydrogens is 201 g/mol. The van der Waals surface area contributed by atoms with Crippen molar-refractivity contribution in [3.63, 3.8) is 0 Å². The predicted molar refractivity (Wildman–Crippen MR) is 46.1 cm³/mol. The van der Waals surface area contributed by atoms with E-state index in [4.69, 9.17) is 11.6 Å². The van der Waals surface area contributed by atoms with Gasteiger partial charge < -0.3 is 0 Å². The Balaban J connectivity index is 3.28. The van der Waals surface area contributed by atoms with Crippen LogP contribution in [0.4, 0.5) is 13.2 Å². The van der Waals surface area contributed by atoms with Crippen LogP contribution >= 0.6 is 11.6 Å². The first-order valence-corrected chi connectivity index (χ1v) is 3.98. The lowest BCUT2D eigenvalue weighted by molar-refractivity contribution is 0.539. The summed E-state index contributed by atoms with van der Waals surface area (Å²) in [5.41, 5.74) is -0.256. The summed E-state index contributed by atoms with van der Waals surface area (Å²) in [6.07, 6.45) is 0. The zero-order chi connectivity index (χ0) is 10.0. The van der Waals surface area contributed by atoms with Gasteiger partial charge in [0.05, 0.1) is 5.56 Å². The second-order valence-corrected chi connectivity index (χ2v) is 2.75. The lowest BCUT2D eigenvalue weighted by atomic mass is 10.1. The molecular formula is C9H6ClF3. The SMILES string of the molecule is C=C(CCl)c1c(F)cc(F)cc1F. The van der Waals surface area contributed by atoms with Gasteiger partial charge in [-0.1, -0.05) is 6.58 Å². The summed E-state index contributed by atoms with van der Waals surface area (Å²) in [5, 5.41) is 0. The van der Waals surface area contributed by atoms with E-state index in [2.05, 4.69) is 6.58 Å². The first-order chi connectivity index (χ1) is 6.06. The topological polar surface area (TPSA) is 0 Å². The molecule has 0 saturated heterocycles. The minimum atomic E-state index is -0.983. The Morgan fingerprint density at radius 1 is 1.23 bits per heavy atom. The third-order valence-corrected chi connectivity index (χ3v) is 1.84. The minimum Gasteiger partial charge on any atom is -0.207 e. The Labute approximate surface area is 78.6 Å². The second-order valence-electron chi connectivity index (χ2n) is 2.48. The van der Waals surface area contributed by atoms with Gasteiger partial charge in [-0.25, -0.2) is 13.2 Å². The van der Waals surface area contributed by atoms with Gasteiger partial charge in [-0.3, -0.25) is 0 Å². The number of halogens is 4. The van der Waals surface area contributed by atoms with Crippen molar-refractivity contribution in [3.05, 3.63) is 41.7 Å². The quantitative estimate of drug-likeness (QED) is 0.651. The first kappa shape index (κ1) is 10.1. The number of alkyl halides is 1. The fourth-order valence-corrected chi connectivity index (χ4v) is 1.08. The highest BCUT2D eigenvalue weighted by Gasteiger charge is 2.13. The molecule has 0 atom stereocenters. The van der Waals surface area contributed by atoms with E-state index in [9.17, 15) is 13.2 Å². The molecule has 0 aliphatic heterocycles. The van der Waals surface area contributed by atoms with Crippen molar-refractivity contribution < 1.29 is 13.2 Å². The summed E-state index contributed by atoms with van der Waals surface area (Å²) in [4.78, 5) is 0. The maximum Gasteiger partial charge on any atom is 0.136 e. The fraction of sp³-hybridized carbons (Fsp3) is 0.111. The van der Waals surface area contributed by atoms with E-state index in [0.717, 1.165) is 0 Å². The number of allylic oxidation sites excluding steroid dienone is 1. The van der Waals surface area contributed by atoms with Crippen LogP contribution in [0, 0.1) is 17.5 Å². The van der Waals surface area contributed by atoms with Gasteiger partial charge in [-0.2, -0.15) is 0 Å². The van der Waals surface area contributed by atoms with Crippen molar-refractivity contribution in [1.82, 2.24) is 0 Å². The maximum absolute atomic E-state index is 12.9. The minimum absolute atomic E-state index is 0.0941. The summed E-state index contributed by atoms with van der Waals surface area (Å²) in [6.45, 7) is 3.36. The zero-order valence-electron chi connectivity index (χ0n) is 6.58. The number of benzene rings is 1. The smallest absolute Gasteiger partial charge is 0.136 e.